The van der Waals surface area contributed by atoms with Gasteiger partial charge in [0.05, 0.1) is 5.56 Å². The number of likely N-dealkylation sites (tertiary alicyclic amines) is 1. The molecule has 2 aliphatic heterocycles. The van der Waals surface area contributed by atoms with Gasteiger partial charge in [0.2, 0.25) is 0 Å². The molecule has 0 bridgehead atoms. The molecule has 2 saturated heterocycles. The molecule has 27 heavy (non-hydrogen) atoms. The number of carbonyl (C=O) groups is 1. The summed E-state index contributed by atoms with van der Waals surface area (Å²) in [6, 6.07) is 2.52. The first kappa shape index (κ1) is 22.2. The van der Waals surface area contributed by atoms with Crippen molar-refractivity contribution in [2.24, 2.45) is 0 Å². The second-order valence-electron chi connectivity index (χ2n) is 6.91. The Balaban J connectivity index is 0.00000131. The lowest BCUT2D eigenvalue weighted by Gasteiger charge is -2.32. The van der Waals surface area contributed by atoms with E-state index in [1.165, 1.54) is 0 Å². The fourth-order valence-electron chi connectivity index (χ4n) is 4.04. The average molecular weight is 432 g/mol. The zero-order valence-corrected chi connectivity index (χ0v) is 18.1. The molecule has 1 amide bonds. The van der Waals surface area contributed by atoms with Crippen LogP contribution in [0.5, 0.6) is 0 Å². The van der Waals surface area contributed by atoms with Gasteiger partial charge in [-0.25, -0.2) is 4.98 Å². The molecule has 2 fully saturated rings. The first-order chi connectivity index (χ1) is 12.1. The molecule has 4 heterocycles. The molecule has 6 nitrogen and oxygen atoms in total. The van der Waals surface area contributed by atoms with Crippen molar-refractivity contribution < 1.29 is 4.79 Å². The van der Waals surface area contributed by atoms with Crippen LogP contribution in [-0.2, 0) is 0 Å². The molecule has 150 valence electrons. The van der Waals surface area contributed by atoms with E-state index in [1.54, 1.807) is 17.5 Å². The molecule has 2 aliphatic rings. The Morgan fingerprint density at radius 2 is 1.96 bits per heavy atom. The minimum atomic E-state index is 0. The van der Waals surface area contributed by atoms with Gasteiger partial charge in [0.25, 0.3) is 5.91 Å². The number of amides is 1. The summed E-state index contributed by atoms with van der Waals surface area (Å²) in [5.74, 6) is 0.161. The van der Waals surface area contributed by atoms with Crippen LogP contribution >= 0.6 is 36.2 Å². The maximum Gasteiger partial charge on any atom is 0.255 e. The minimum absolute atomic E-state index is 0. The van der Waals surface area contributed by atoms with Crippen LogP contribution in [0.15, 0.2) is 17.6 Å². The summed E-state index contributed by atoms with van der Waals surface area (Å²) in [5, 5.41) is 6.29. The van der Waals surface area contributed by atoms with E-state index < -0.39 is 0 Å². The van der Waals surface area contributed by atoms with Crippen molar-refractivity contribution in [2.45, 2.75) is 26.3 Å². The van der Waals surface area contributed by atoms with Gasteiger partial charge in [0.1, 0.15) is 0 Å². The maximum absolute atomic E-state index is 13.1. The maximum atomic E-state index is 13.1. The Bertz CT molecular complexity index is 758. The van der Waals surface area contributed by atoms with Crippen molar-refractivity contribution in [1.29, 1.82) is 0 Å². The third kappa shape index (κ3) is 4.32. The summed E-state index contributed by atoms with van der Waals surface area (Å²) >= 11 is 1.60. The highest BCUT2D eigenvalue weighted by atomic mass is 35.5. The molecule has 9 heteroatoms. The normalized spacial score (nSPS) is 20.2. The highest BCUT2D eigenvalue weighted by Crippen LogP contribution is 2.25. The topological polar surface area (TPSA) is 53.4 Å². The molecular formula is C18H27Cl2N5OS. The molecule has 0 saturated carbocycles. The zero-order chi connectivity index (χ0) is 17.4. The monoisotopic (exact) mass is 431 g/mol. The largest absolute Gasteiger partial charge is 0.337 e. The number of nitrogens with zero attached hydrogens (tertiary/aromatic N) is 4. The van der Waals surface area contributed by atoms with Crippen LogP contribution in [0.4, 0.5) is 0 Å². The molecule has 0 aliphatic carbocycles. The number of rotatable bonds is 3. The van der Waals surface area contributed by atoms with Gasteiger partial charge in [-0.15, -0.1) is 36.2 Å². The Kier molecular flexibility index (Phi) is 7.71. The number of halogens is 2. The van der Waals surface area contributed by atoms with Gasteiger partial charge >= 0.3 is 0 Å². The molecule has 1 N–H and O–H groups in total. The number of carbonyl (C=O) groups excluding carboxylic acids is 1. The molecule has 2 aromatic heterocycles. The Labute approximate surface area is 176 Å². The van der Waals surface area contributed by atoms with E-state index in [0.29, 0.717) is 6.04 Å². The van der Waals surface area contributed by atoms with Crippen LogP contribution in [-0.4, -0.2) is 70.6 Å². The second kappa shape index (κ2) is 9.39. The number of aromatic nitrogens is 2. The van der Waals surface area contributed by atoms with E-state index in [2.05, 4.69) is 19.8 Å². The van der Waals surface area contributed by atoms with Gasteiger partial charge in [-0.2, -0.15) is 0 Å². The Morgan fingerprint density at radius 1 is 1.22 bits per heavy atom. The SMILES string of the molecule is Cc1cc(C(=O)N2CCC(N3CCNCC3)C2)c(C)n1-c1nccs1.Cl.Cl. The number of thiazole rings is 1. The van der Waals surface area contributed by atoms with Crippen molar-refractivity contribution in [3.05, 3.63) is 34.6 Å². The van der Waals surface area contributed by atoms with Crippen LogP contribution in [0.1, 0.15) is 28.2 Å². The fraction of sp³-hybridized carbons (Fsp3) is 0.556. The Morgan fingerprint density at radius 3 is 2.63 bits per heavy atom. The third-order valence-electron chi connectivity index (χ3n) is 5.39. The smallest absolute Gasteiger partial charge is 0.255 e. The molecular weight excluding hydrogens is 405 g/mol. The van der Waals surface area contributed by atoms with Gasteiger partial charge in [0.15, 0.2) is 5.13 Å². The summed E-state index contributed by atoms with van der Waals surface area (Å²) < 4.78 is 2.09. The minimum Gasteiger partial charge on any atom is -0.337 e. The molecule has 0 spiro atoms. The van der Waals surface area contributed by atoms with Gasteiger partial charge in [-0.1, -0.05) is 0 Å². The number of hydrogen-bond acceptors (Lipinski definition) is 5. The van der Waals surface area contributed by atoms with Crippen LogP contribution in [0.3, 0.4) is 0 Å². The van der Waals surface area contributed by atoms with E-state index >= 15 is 0 Å². The van der Waals surface area contributed by atoms with Gasteiger partial charge in [0, 0.05) is 68.3 Å². The lowest BCUT2D eigenvalue weighted by atomic mass is 10.2. The lowest BCUT2D eigenvalue weighted by molar-refractivity contribution is 0.0773. The van der Waals surface area contributed by atoms with Crippen LogP contribution < -0.4 is 5.32 Å². The van der Waals surface area contributed by atoms with E-state index in [1.807, 2.05) is 30.2 Å². The highest BCUT2D eigenvalue weighted by molar-refractivity contribution is 7.12. The van der Waals surface area contributed by atoms with Crippen LogP contribution in [0.25, 0.3) is 5.13 Å². The van der Waals surface area contributed by atoms with Crippen molar-refractivity contribution in [2.75, 3.05) is 39.3 Å². The standard InChI is InChI=1S/C18H25N5OS.2ClH/c1-13-11-16(14(2)23(13)18-20-6-10-25-18)17(24)22-7-3-15(12-22)21-8-4-19-5-9-21;;/h6,10-11,15,19H,3-5,7-9,12H2,1-2H3;2*1H. The second-order valence-corrected chi connectivity index (χ2v) is 7.79. The number of piperazine rings is 1. The van der Waals surface area contributed by atoms with E-state index in [4.69, 9.17) is 0 Å². The van der Waals surface area contributed by atoms with Crippen molar-refractivity contribution in [3.63, 3.8) is 0 Å². The number of nitrogens with one attached hydrogen (secondary N) is 1. The van der Waals surface area contributed by atoms with Gasteiger partial charge in [-0.05, 0) is 26.3 Å². The summed E-state index contributed by atoms with van der Waals surface area (Å²) in [4.78, 5) is 22.1. The van der Waals surface area contributed by atoms with Gasteiger partial charge in [-0.3, -0.25) is 14.3 Å². The predicted molar refractivity (Wildman–Crippen MR) is 114 cm³/mol. The first-order valence-electron chi connectivity index (χ1n) is 8.98. The van der Waals surface area contributed by atoms with Crippen LogP contribution in [0, 0.1) is 13.8 Å². The summed E-state index contributed by atoms with van der Waals surface area (Å²) in [5.41, 5.74) is 2.87. The lowest BCUT2D eigenvalue weighted by Crippen LogP contribution is -2.49. The molecule has 1 unspecified atom stereocenters. The van der Waals surface area contributed by atoms with E-state index in [9.17, 15) is 4.79 Å². The van der Waals surface area contributed by atoms with E-state index in [-0.39, 0.29) is 30.7 Å². The number of aryl methyl sites for hydroxylation is 1. The summed E-state index contributed by atoms with van der Waals surface area (Å²) in [6.45, 7) is 10.0. The van der Waals surface area contributed by atoms with Crippen molar-refractivity contribution >= 4 is 42.1 Å². The summed E-state index contributed by atoms with van der Waals surface area (Å²) in [6.07, 6.45) is 2.88. The van der Waals surface area contributed by atoms with Crippen molar-refractivity contribution in [3.8, 4) is 5.13 Å². The number of hydrogen-bond donors (Lipinski definition) is 1. The predicted octanol–water partition coefficient (Wildman–Crippen LogP) is 2.51. The molecule has 2 aromatic rings. The third-order valence-corrected chi connectivity index (χ3v) is 6.15. The molecule has 0 radical (unpaired) electrons. The van der Waals surface area contributed by atoms with Crippen LogP contribution in [0.2, 0.25) is 0 Å². The molecule has 0 aromatic carbocycles. The van der Waals surface area contributed by atoms with E-state index in [0.717, 1.165) is 67.8 Å². The first-order valence-corrected chi connectivity index (χ1v) is 9.86. The molecule has 1 atom stereocenters. The highest BCUT2D eigenvalue weighted by Gasteiger charge is 2.32. The zero-order valence-electron chi connectivity index (χ0n) is 15.7. The quantitative estimate of drug-likeness (QED) is 0.810. The van der Waals surface area contributed by atoms with Gasteiger partial charge < -0.3 is 10.2 Å². The fourth-order valence-corrected chi connectivity index (χ4v) is 4.79. The molecule has 4 rings (SSSR count). The van der Waals surface area contributed by atoms with Crippen molar-refractivity contribution in [1.82, 2.24) is 24.7 Å². The average Bonchev–Trinajstić information content (AvgIpc) is 3.35. The summed E-state index contributed by atoms with van der Waals surface area (Å²) in [7, 11) is 0. The Hall–Kier alpha value is -1.12.